The number of likely N-dealkylation sites (tertiary alicyclic amines) is 1. The van der Waals surface area contributed by atoms with Gasteiger partial charge in [0, 0.05) is 31.2 Å². The fraction of sp³-hybridized carbons (Fsp3) is 0.483. The predicted molar refractivity (Wildman–Crippen MR) is 157 cm³/mol. The molecule has 1 aromatic carbocycles. The van der Waals surface area contributed by atoms with Crippen LogP contribution in [0.3, 0.4) is 0 Å². The summed E-state index contributed by atoms with van der Waals surface area (Å²) in [5.41, 5.74) is 8.52. The third-order valence-electron chi connectivity index (χ3n) is 6.41. The molecule has 3 N–H and O–H groups in total. The number of nitrogen functional groups attached to an aromatic ring is 1. The molecule has 5 rings (SSSR count). The second-order valence-electron chi connectivity index (χ2n) is 9.07. The quantitative estimate of drug-likeness (QED) is 0.329. The van der Waals surface area contributed by atoms with Gasteiger partial charge in [-0.05, 0) is 51.6 Å². The van der Waals surface area contributed by atoms with Crippen molar-refractivity contribution in [1.29, 1.82) is 0 Å². The van der Waals surface area contributed by atoms with Crippen molar-refractivity contribution in [2.75, 3.05) is 39.5 Å². The second-order valence-corrected chi connectivity index (χ2v) is 9.07. The Hall–Kier alpha value is -3.63. The van der Waals surface area contributed by atoms with E-state index in [0.717, 1.165) is 43.9 Å². The first-order chi connectivity index (χ1) is 18.9. The fourth-order valence-corrected chi connectivity index (χ4v) is 4.28. The van der Waals surface area contributed by atoms with Crippen molar-refractivity contribution in [3.05, 3.63) is 48.3 Å². The summed E-state index contributed by atoms with van der Waals surface area (Å²) in [4.78, 5) is 33.9. The number of anilines is 1. The zero-order valence-corrected chi connectivity index (χ0v) is 24.0. The SMILES string of the molecule is CC.CC.CN(C/C=C/C=O)C1CC1.CN1CCC(n2nc(-c3ccc(C(=O)O)cc3)c3c(N)ncnc32)C1. The monoisotopic (exact) mass is 537 g/mol. The maximum Gasteiger partial charge on any atom is 0.335 e. The standard InChI is InChI=1S/C17H18N6O2.C8H13NO.2C2H6/c1-22-7-6-12(8-22)23-16-13(15(18)19-9-20-16)14(21-23)10-2-4-11(5-3-10)17(24)25;1-9(8-4-5-8)6-2-3-7-10;2*1-2/h2-5,9,12H,6-8H2,1H3,(H,24,25)(H2,18,19,20);2-3,7-8H,4-6H2,1H3;2*1-2H3/b;3-2+;;. The van der Waals surface area contributed by atoms with Crippen molar-refractivity contribution >= 4 is 29.1 Å². The maximum atomic E-state index is 11.1. The smallest absolute Gasteiger partial charge is 0.335 e. The van der Waals surface area contributed by atoms with Crippen LogP contribution in [0.15, 0.2) is 42.7 Å². The number of aldehydes is 1. The predicted octanol–water partition coefficient (Wildman–Crippen LogP) is 4.54. The van der Waals surface area contributed by atoms with E-state index in [2.05, 4.69) is 33.9 Å². The molecule has 2 aliphatic rings. The Morgan fingerprint density at radius 2 is 1.79 bits per heavy atom. The topological polar surface area (TPSA) is 130 Å². The summed E-state index contributed by atoms with van der Waals surface area (Å²) in [5.74, 6) is -0.585. The zero-order chi connectivity index (χ0) is 28.9. The van der Waals surface area contributed by atoms with Crippen molar-refractivity contribution in [2.24, 2.45) is 0 Å². The molecule has 3 aromatic rings. The molecule has 10 heteroatoms. The van der Waals surface area contributed by atoms with Crippen LogP contribution in [0.25, 0.3) is 22.3 Å². The summed E-state index contributed by atoms with van der Waals surface area (Å²) in [6, 6.07) is 7.62. The minimum atomic E-state index is -0.959. The Kier molecular flexibility index (Phi) is 12.7. The minimum Gasteiger partial charge on any atom is -0.478 e. The second kappa shape index (κ2) is 15.7. The van der Waals surface area contributed by atoms with Crippen LogP contribution >= 0.6 is 0 Å². The number of nitrogens with zero attached hydrogens (tertiary/aromatic N) is 6. The first-order valence-corrected chi connectivity index (χ1v) is 13.7. The molecular weight excluding hydrogens is 494 g/mol. The van der Waals surface area contributed by atoms with Crippen molar-refractivity contribution in [1.82, 2.24) is 29.5 Å². The number of aromatic carboxylic acids is 1. The first-order valence-electron chi connectivity index (χ1n) is 13.7. The van der Waals surface area contributed by atoms with E-state index in [0.29, 0.717) is 22.5 Å². The molecule has 1 saturated carbocycles. The molecule has 39 heavy (non-hydrogen) atoms. The number of carbonyl (C=O) groups is 2. The molecule has 1 aliphatic carbocycles. The van der Waals surface area contributed by atoms with E-state index in [-0.39, 0.29) is 11.6 Å². The third-order valence-corrected chi connectivity index (χ3v) is 6.41. The first kappa shape index (κ1) is 31.6. The Bertz CT molecular complexity index is 1220. The molecule has 0 amide bonds. The summed E-state index contributed by atoms with van der Waals surface area (Å²) in [6.07, 6.45) is 9.36. The lowest BCUT2D eigenvalue weighted by atomic mass is 10.1. The van der Waals surface area contributed by atoms with Gasteiger partial charge in [0.2, 0.25) is 0 Å². The van der Waals surface area contributed by atoms with E-state index in [4.69, 9.17) is 15.9 Å². The third kappa shape index (κ3) is 8.43. The molecule has 10 nitrogen and oxygen atoms in total. The molecule has 0 spiro atoms. The molecule has 0 radical (unpaired) electrons. The highest BCUT2D eigenvalue weighted by atomic mass is 16.4. The number of carbonyl (C=O) groups excluding carboxylic acids is 1. The summed E-state index contributed by atoms with van der Waals surface area (Å²) in [7, 11) is 4.17. The van der Waals surface area contributed by atoms with Crippen LogP contribution in [0.2, 0.25) is 0 Å². The highest BCUT2D eigenvalue weighted by Crippen LogP contribution is 2.33. The van der Waals surface area contributed by atoms with Gasteiger partial charge in [0.15, 0.2) is 5.65 Å². The van der Waals surface area contributed by atoms with Gasteiger partial charge < -0.3 is 15.7 Å². The zero-order valence-electron chi connectivity index (χ0n) is 24.0. The number of carboxylic acid groups (broad SMARTS) is 1. The number of hydrogen-bond donors (Lipinski definition) is 2. The Morgan fingerprint density at radius 3 is 2.33 bits per heavy atom. The van der Waals surface area contributed by atoms with Gasteiger partial charge in [0.05, 0.1) is 17.0 Å². The Morgan fingerprint density at radius 1 is 1.13 bits per heavy atom. The van der Waals surface area contributed by atoms with Gasteiger partial charge in [0.1, 0.15) is 24.1 Å². The van der Waals surface area contributed by atoms with Gasteiger partial charge >= 0.3 is 5.97 Å². The normalized spacial score (nSPS) is 16.6. The fourth-order valence-electron chi connectivity index (χ4n) is 4.28. The molecule has 1 unspecified atom stereocenters. The van der Waals surface area contributed by atoms with Crippen LogP contribution in [0.1, 0.15) is 63.4 Å². The van der Waals surface area contributed by atoms with Crippen molar-refractivity contribution in [3.63, 3.8) is 0 Å². The van der Waals surface area contributed by atoms with Crippen LogP contribution in [-0.4, -0.2) is 86.7 Å². The largest absolute Gasteiger partial charge is 0.478 e. The molecule has 212 valence electrons. The number of benzene rings is 1. The van der Waals surface area contributed by atoms with E-state index in [1.54, 1.807) is 30.3 Å². The summed E-state index contributed by atoms with van der Waals surface area (Å²) in [6.45, 7) is 10.8. The van der Waals surface area contributed by atoms with Gasteiger partial charge in [-0.2, -0.15) is 5.10 Å². The number of nitrogens with two attached hydrogens (primary N) is 1. The Balaban J connectivity index is 0.000000320. The Labute approximate surface area is 231 Å². The van der Waals surface area contributed by atoms with E-state index >= 15 is 0 Å². The van der Waals surface area contributed by atoms with E-state index in [9.17, 15) is 9.59 Å². The molecule has 1 aliphatic heterocycles. The molecule has 0 bridgehead atoms. The highest BCUT2D eigenvalue weighted by Gasteiger charge is 2.27. The number of rotatable bonds is 7. The van der Waals surface area contributed by atoms with E-state index in [1.165, 1.54) is 19.2 Å². The average Bonchev–Trinajstić information content (AvgIpc) is 3.61. The van der Waals surface area contributed by atoms with Crippen LogP contribution < -0.4 is 5.73 Å². The average molecular weight is 538 g/mol. The lowest BCUT2D eigenvalue weighted by Crippen LogP contribution is -2.20. The summed E-state index contributed by atoms with van der Waals surface area (Å²) < 4.78 is 1.93. The van der Waals surface area contributed by atoms with Crippen LogP contribution in [0, 0.1) is 0 Å². The number of likely N-dealkylation sites (N-methyl/N-ethyl adjacent to an activating group) is 2. The highest BCUT2D eigenvalue weighted by molar-refractivity contribution is 5.98. The lowest BCUT2D eigenvalue weighted by molar-refractivity contribution is -0.104. The maximum absolute atomic E-state index is 11.1. The molecular formula is C29H43N7O3. The van der Waals surface area contributed by atoms with Gasteiger partial charge in [-0.1, -0.05) is 45.9 Å². The molecule has 2 fully saturated rings. The van der Waals surface area contributed by atoms with Gasteiger partial charge in [-0.25, -0.2) is 19.4 Å². The van der Waals surface area contributed by atoms with Crippen molar-refractivity contribution < 1.29 is 14.7 Å². The van der Waals surface area contributed by atoms with Gasteiger partial charge in [-0.15, -0.1) is 0 Å². The molecule has 1 saturated heterocycles. The molecule has 2 aromatic heterocycles. The van der Waals surface area contributed by atoms with Crippen molar-refractivity contribution in [3.8, 4) is 11.3 Å². The summed E-state index contributed by atoms with van der Waals surface area (Å²) in [5, 5.41) is 14.6. The number of aromatic nitrogens is 4. The summed E-state index contributed by atoms with van der Waals surface area (Å²) >= 11 is 0. The van der Waals surface area contributed by atoms with Gasteiger partial charge in [0.25, 0.3) is 0 Å². The number of hydrogen-bond acceptors (Lipinski definition) is 8. The van der Waals surface area contributed by atoms with E-state index < -0.39 is 5.97 Å². The molecule has 1 atom stereocenters. The van der Waals surface area contributed by atoms with Crippen LogP contribution in [0.4, 0.5) is 5.82 Å². The number of carboxylic acids is 1. The number of allylic oxidation sites excluding steroid dienone is 1. The lowest BCUT2D eigenvalue weighted by Gasteiger charge is -2.11. The van der Waals surface area contributed by atoms with Gasteiger partial charge in [-0.3, -0.25) is 9.69 Å². The minimum absolute atomic E-state index is 0.230. The van der Waals surface area contributed by atoms with E-state index in [1.807, 2.05) is 38.5 Å². The van der Waals surface area contributed by atoms with Crippen molar-refractivity contribution in [2.45, 2.75) is 59.0 Å². The van der Waals surface area contributed by atoms with Crippen LogP contribution in [0.5, 0.6) is 0 Å². The number of fused-ring (bicyclic) bond motifs is 1. The molecule has 3 heterocycles. The van der Waals surface area contributed by atoms with Crippen LogP contribution in [-0.2, 0) is 4.79 Å².